The summed E-state index contributed by atoms with van der Waals surface area (Å²) in [5.74, 6) is -0.226. The number of carbonyl (C=O) groups excluding carboxylic acids is 1. The van der Waals surface area contributed by atoms with E-state index in [1.807, 2.05) is 6.07 Å². The molecule has 5 nitrogen and oxygen atoms in total. The van der Waals surface area contributed by atoms with Crippen LogP contribution in [-0.2, 0) is 4.74 Å². The minimum Gasteiger partial charge on any atom is -0.493 e. The SMILES string of the molecule is COc1ccc(/C=C/C(=O)c2ccc(N3CCOCC3)cc2Cl)cc1OC(F)F. The van der Waals surface area contributed by atoms with E-state index in [2.05, 4.69) is 9.64 Å². The predicted octanol–water partition coefficient (Wildman–Crippen LogP) is 4.68. The van der Waals surface area contributed by atoms with Crippen LogP contribution in [-0.4, -0.2) is 45.8 Å². The quantitative estimate of drug-likeness (QED) is 0.478. The van der Waals surface area contributed by atoms with Crippen LogP contribution in [0.1, 0.15) is 15.9 Å². The molecule has 1 aliphatic rings. The summed E-state index contributed by atoms with van der Waals surface area (Å²) in [7, 11) is 1.36. The topological polar surface area (TPSA) is 48.0 Å². The fourth-order valence-electron chi connectivity index (χ4n) is 2.97. The van der Waals surface area contributed by atoms with Crippen LogP contribution in [0, 0.1) is 0 Å². The van der Waals surface area contributed by atoms with Crippen LogP contribution in [0.4, 0.5) is 14.5 Å². The highest BCUT2D eigenvalue weighted by Gasteiger charge is 2.15. The molecule has 29 heavy (non-hydrogen) atoms. The van der Waals surface area contributed by atoms with Gasteiger partial charge in [0.15, 0.2) is 17.3 Å². The van der Waals surface area contributed by atoms with Crippen LogP contribution in [0.5, 0.6) is 11.5 Å². The second-order valence-corrected chi connectivity index (χ2v) is 6.66. The summed E-state index contributed by atoms with van der Waals surface area (Å²) in [6.07, 6.45) is 2.84. The van der Waals surface area contributed by atoms with Crippen molar-refractivity contribution in [2.24, 2.45) is 0 Å². The lowest BCUT2D eigenvalue weighted by atomic mass is 10.1. The fraction of sp³-hybridized carbons (Fsp3) is 0.286. The zero-order valence-corrected chi connectivity index (χ0v) is 16.5. The monoisotopic (exact) mass is 423 g/mol. The number of hydrogen-bond donors (Lipinski definition) is 0. The number of carbonyl (C=O) groups is 1. The van der Waals surface area contributed by atoms with Gasteiger partial charge in [0.1, 0.15) is 0 Å². The normalized spacial score (nSPS) is 14.4. The summed E-state index contributed by atoms with van der Waals surface area (Å²) < 4.78 is 39.9. The highest BCUT2D eigenvalue weighted by molar-refractivity contribution is 6.35. The van der Waals surface area contributed by atoms with Crippen LogP contribution in [0.3, 0.4) is 0 Å². The van der Waals surface area contributed by atoms with Gasteiger partial charge in [-0.2, -0.15) is 8.78 Å². The van der Waals surface area contributed by atoms with Gasteiger partial charge in [0, 0.05) is 24.3 Å². The Bertz CT molecular complexity index is 898. The highest BCUT2D eigenvalue weighted by Crippen LogP contribution is 2.30. The fourth-order valence-corrected chi connectivity index (χ4v) is 3.24. The number of benzene rings is 2. The molecule has 0 spiro atoms. The summed E-state index contributed by atoms with van der Waals surface area (Å²) >= 11 is 6.31. The first-order chi connectivity index (χ1) is 14.0. The van der Waals surface area contributed by atoms with Crippen LogP contribution >= 0.6 is 11.6 Å². The maximum Gasteiger partial charge on any atom is 0.387 e. The Morgan fingerprint density at radius 2 is 1.93 bits per heavy atom. The van der Waals surface area contributed by atoms with Gasteiger partial charge in [-0.05, 0) is 42.0 Å². The van der Waals surface area contributed by atoms with E-state index in [0.29, 0.717) is 29.4 Å². The number of allylic oxidation sites excluding steroid dienone is 1. The molecule has 0 bridgehead atoms. The van der Waals surface area contributed by atoms with Crippen LogP contribution in [0.2, 0.25) is 5.02 Å². The minimum absolute atomic E-state index is 0.106. The van der Waals surface area contributed by atoms with Gasteiger partial charge in [-0.15, -0.1) is 0 Å². The van der Waals surface area contributed by atoms with E-state index in [4.69, 9.17) is 21.1 Å². The Labute approximate surface area is 172 Å². The van der Waals surface area contributed by atoms with Gasteiger partial charge in [-0.1, -0.05) is 23.7 Å². The average Bonchev–Trinajstić information content (AvgIpc) is 2.72. The molecular formula is C21H20ClF2NO4. The van der Waals surface area contributed by atoms with Crippen LogP contribution < -0.4 is 14.4 Å². The Kier molecular flexibility index (Phi) is 7.06. The molecule has 3 rings (SSSR count). The Hall–Kier alpha value is -2.64. The number of hydrogen-bond acceptors (Lipinski definition) is 5. The molecule has 1 aliphatic heterocycles. The van der Waals surface area contributed by atoms with E-state index in [1.165, 1.54) is 31.4 Å². The predicted molar refractivity (Wildman–Crippen MR) is 107 cm³/mol. The average molecular weight is 424 g/mol. The van der Waals surface area contributed by atoms with Crippen molar-refractivity contribution in [1.29, 1.82) is 0 Å². The third-order valence-corrected chi connectivity index (χ3v) is 4.74. The maximum absolute atomic E-state index is 12.5. The molecule has 1 fully saturated rings. The molecule has 0 unspecified atom stereocenters. The van der Waals surface area contributed by atoms with Gasteiger partial charge in [0.25, 0.3) is 0 Å². The van der Waals surface area contributed by atoms with Gasteiger partial charge < -0.3 is 19.1 Å². The van der Waals surface area contributed by atoms with Crippen molar-refractivity contribution in [2.45, 2.75) is 6.61 Å². The maximum atomic E-state index is 12.5. The summed E-state index contributed by atoms with van der Waals surface area (Å²) in [4.78, 5) is 14.7. The molecule has 2 aromatic rings. The van der Waals surface area contributed by atoms with E-state index in [0.717, 1.165) is 18.8 Å². The number of morpholine rings is 1. The highest BCUT2D eigenvalue weighted by atomic mass is 35.5. The molecule has 8 heteroatoms. The minimum atomic E-state index is -2.98. The Balaban J connectivity index is 1.75. The number of rotatable bonds is 7. The number of anilines is 1. The van der Waals surface area contributed by atoms with Gasteiger partial charge >= 0.3 is 6.61 Å². The molecular weight excluding hydrogens is 404 g/mol. The smallest absolute Gasteiger partial charge is 0.387 e. The molecule has 0 radical (unpaired) electrons. The largest absolute Gasteiger partial charge is 0.493 e. The van der Waals surface area contributed by atoms with E-state index < -0.39 is 6.61 Å². The first-order valence-electron chi connectivity index (χ1n) is 8.95. The second-order valence-electron chi connectivity index (χ2n) is 6.25. The zero-order chi connectivity index (χ0) is 20.8. The van der Waals surface area contributed by atoms with Gasteiger partial charge in [0.05, 0.1) is 25.3 Å². The Morgan fingerprint density at radius 1 is 1.17 bits per heavy atom. The standard InChI is InChI=1S/C21H20ClF2NO4/c1-27-19-7-3-14(12-20(19)29-21(23)24)2-6-18(26)16-5-4-15(13-17(16)22)25-8-10-28-11-9-25/h2-7,12-13,21H,8-11H2,1H3/b6-2+. The molecule has 0 aliphatic carbocycles. The van der Waals surface area contributed by atoms with E-state index in [9.17, 15) is 13.6 Å². The first kappa shape index (κ1) is 21.1. The third kappa shape index (κ3) is 5.46. The van der Waals surface area contributed by atoms with E-state index in [-0.39, 0.29) is 17.3 Å². The van der Waals surface area contributed by atoms with Crippen molar-refractivity contribution in [3.05, 3.63) is 58.6 Å². The molecule has 1 heterocycles. The molecule has 0 amide bonds. The van der Waals surface area contributed by atoms with Gasteiger partial charge in [-0.3, -0.25) is 4.79 Å². The van der Waals surface area contributed by atoms with Gasteiger partial charge in [0.2, 0.25) is 0 Å². The lowest BCUT2D eigenvalue weighted by Crippen LogP contribution is -2.36. The summed E-state index contributed by atoms with van der Waals surface area (Å²) in [6, 6.07) is 9.78. The van der Waals surface area contributed by atoms with Gasteiger partial charge in [-0.25, -0.2) is 0 Å². The van der Waals surface area contributed by atoms with Crippen molar-refractivity contribution in [2.75, 3.05) is 38.3 Å². The number of methoxy groups -OCH3 is 1. The molecule has 0 N–H and O–H groups in total. The zero-order valence-electron chi connectivity index (χ0n) is 15.7. The number of ether oxygens (including phenoxy) is 3. The van der Waals surface area contributed by atoms with Crippen molar-refractivity contribution < 1.29 is 27.8 Å². The number of halogens is 3. The second kappa shape index (κ2) is 9.71. The molecule has 0 aromatic heterocycles. The summed E-state index contributed by atoms with van der Waals surface area (Å²) in [6.45, 7) is -0.137. The molecule has 0 atom stereocenters. The number of nitrogens with zero attached hydrogens (tertiary/aromatic N) is 1. The molecule has 2 aromatic carbocycles. The molecule has 1 saturated heterocycles. The van der Waals surface area contributed by atoms with Crippen LogP contribution in [0.15, 0.2) is 42.5 Å². The van der Waals surface area contributed by atoms with Crippen molar-refractivity contribution >= 4 is 29.1 Å². The summed E-state index contributed by atoms with van der Waals surface area (Å²) in [5, 5.41) is 0.347. The molecule has 154 valence electrons. The lowest BCUT2D eigenvalue weighted by Gasteiger charge is -2.29. The van der Waals surface area contributed by atoms with Crippen molar-refractivity contribution in [3.8, 4) is 11.5 Å². The first-order valence-corrected chi connectivity index (χ1v) is 9.33. The number of ketones is 1. The van der Waals surface area contributed by atoms with E-state index >= 15 is 0 Å². The van der Waals surface area contributed by atoms with Crippen molar-refractivity contribution in [1.82, 2.24) is 0 Å². The number of alkyl halides is 2. The van der Waals surface area contributed by atoms with E-state index in [1.54, 1.807) is 18.2 Å². The van der Waals surface area contributed by atoms with Crippen molar-refractivity contribution in [3.63, 3.8) is 0 Å². The van der Waals surface area contributed by atoms with Crippen LogP contribution in [0.25, 0.3) is 6.08 Å². The Morgan fingerprint density at radius 3 is 2.59 bits per heavy atom. The molecule has 0 saturated carbocycles. The third-order valence-electron chi connectivity index (χ3n) is 4.43. The lowest BCUT2D eigenvalue weighted by molar-refractivity contribution is -0.0512. The summed E-state index contributed by atoms with van der Waals surface area (Å²) in [5.41, 5.74) is 1.80.